The Bertz CT molecular complexity index is 790. The smallest absolute Gasteiger partial charge is 0.258 e. The zero-order chi connectivity index (χ0) is 16.5. The number of thioether (sulfide) groups is 1. The van der Waals surface area contributed by atoms with E-state index in [9.17, 15) is 9.59 Å². The average molecular weight is 364 g/mol. The third-order valence-electron chi connectivity index (χ3n) is 4.78. The summed E-state index contributed by atoms with van der Waals surface area (Å²) in [5.41, 5.74) is 0.716. The van der Waals surface area contributed by atoms with Crippen LogP contribution in [-0.4, -0.2) is 38.0 Å². The fourth-order valence-corrected chi connectivity index (χ4v) is 5.04. The molecule has 2 aliphatic carbocycles. The lowest BCUT2D eigenvalue weighted by molar-refractivity contribution is -0.131. The molecule has 0 bridgehead atoms. The third kappa shape index (κ3) is 3.37. The molecule has 0 atom stereocenters. The predicted molar refractivity (Wildman–Crippen MR) is 97.6 cm³/mol. The molecule has 2 saturated carbocycles. The summed E-state index contributed by atoms with van der Waals surface area (Å²) in [6.45, 7) is 0. The van der Waals surface area contributed by atoms with Gasteiger partial charge in [0.25, 0.3) is 5.56 Å². The highest BCUT2D eigenvalue weighted by Crippen LogP contribution is 2.35. The quantitative estimate of drug-likeness (QED) is 0.792. The van der Waals surface area contributed by atoms with Gasteiger partial charge in [-0.3, -0.25) is 14.0 Å². The second kappa shape index (κ2) is 6.88. The van der Waals surface area contributed by atoms with Crippen molar-refractivity contribution in [2.24, 2.45) is 0 Å². The SMILES string of the molecule is O=C(CSCc1cc(=O)n2ccsc2n1)N(C1CCCC1)C1CC1. The van der Waals surface area contributed by atoms with Crippen molar-refractivity contribution in [1.29, 1.82) is 0 Å². The molecule has 128 valence electrons. The lowest BCUT2D eigenvalue weighted by Gasteiger charge is -2.29. The van der Waals surface area contributed by atoms with Gasteiger partial charge in [0.1, 0.15) is 0 Å². The first kappa shape index (κ1) is 16.1. The van der Waals surface area contributed by atoms with Crippen LogP contribution in [-0.2, 0) is 10.5 Å². The second-order valence-electron chi connectivity index (χ2n) is 6.60. The van der Waals surface area contributed by atoms with E-state index in [1.54, 1.807) is 28.4 Å². The van der Waals surface area contributed by atoms with Crippen molar-refractivity contribution in [3.8, 4) is 0 Å². The lowest BCUT2D eigenvalue weighted by Crippen LogP contribution is -2.41. The number of carbonyl (C=O) groups excluding carboxylic acids is 1. The van der Waals surface area contributed by atoms with Crippen LogP contribution in [0.1, 0.15) is 44.2 Å². The van der Waals surface area contributed by atoms with Crippen molar-refractivity contribution >= 4 is 34.0 Å². The van der Waals surface area contributed by atoms with Crippen molar-refractivity contribution in [3.63, 3.8) is 0 Å². The number of rotatable bonds is 6. The number of aromatic nitrogens is 2. The summed E-state index contributed by atoms with van der Waals surface area (Å²) in [4.78, 5) is 32.0. The summed E-state index contributed by atoms with van der Waals surface area (Å²) < 4.78 is 1.55. The minimum absolute atomic E-state index is 0.0475. The molecule has 2 aromatic rings. The summed E-state index contributed by atoms with van der Waals surface area (Å²) in [7, 11) is 0. The van der Waals surface area contributed by atoms with Crippen LogP contribution in [0.3, 0.4) is 0 Å². The normalized spacial score (nSPS) is 18.3. The number of carbonyl (C=O) groups is 1. The van der Waals surface area contributed by atoms with Gasteiger partial charge in [0.2, 0.25) is 5.91 Å². The number of fused-ring (bicyclic) bond motifs is 1. The van der Waals surface area contributed by atoms with E-state index in [1.165, 1.54) is 49.9 Å². The Balaban J connectivity index is 1.36. The van der Waals surface area contributed by atoms with Crippen LogP contribution >= 0.6 is 23.1 Å². The van der Waals surface area contributed by atoms with E-state index < -0.39 is 0 Å². The lowest BCUT2D eigenvalue weighted by atomic mass is 10.2. The molecule has 0 N–H and O–H groups in total. The summed E-state index contributed by atoms with van der Waals surface area (Å²) in [6.07, 6.45) is 8.91. The minimum atomic E-state index is -0.0475. The number of hydrogen-bond acceptors (Lipinski definition) is 5. The Morgan fingerprint density at radius 2 is 2.04 bits per heavy atom. The molecule has 5 nitrogen and oxygen atoms in total. The standard InChI is InChI=1S/C17H21N3O2S2/c21-15-9-12(18-17-19(15)7-8-24-17)10-23-11-16(22)20(14-5-6-14)13-3-1-2-4-13/h7-9,13-14H,1-6,10-11H2. The van der Waals surface area contributed by atoms with Gasteiger partial charge in [-0.1, -0.05) is 12.8 Å². The van der Waals surface area contributed by atoms with Crippen LogP contribution in [0, 0.1) is 0 Å². The molecule has 4 rings (SSSR count). The van der Waals surface area contributed by atoms with Crippen LogP contribution in [0.4, 0.5) is 0 Å². The Morgan fingerprint density at radius 3 is 2.79 bits per heavy atom. The molecule has 0 aliphatic heterocycles. The largest absolute Gasteiger partial charge is 0.336 e. The summed E-state index contributed by atoms with van der Waals surface area (Å²) in [5, 5.41) is 1.86. The molecule has 2 fully saturated rings. The molecular formula is C17H21N3O2S2. The first-order chi connectivity index (χ1) is 11.7. The topological polar surface area (TPSA) is 54.7 Å². The zero-order valence-electron chi connectivity index (χ0n) is 13.5. The van der Waals surface area contributed by atoms with E-state index in [0.717, 1.165) is 10.7 Å². The van der Waals surface area contributed by atoms with Crippen LogP contribution in [0.5, 0.6) is 0 Å². The van der Waals surface area contributed by atoms with Crippen molar-refractivity contribution in [3.05, 3.63) is 33.7 Å². The zero-order valence-corrected chi connectivity index (χ0v) is 15.2. The highest BCUT2D eigenvalue weighted by molar-refractivity contribution is 7.99. The van der Waals surface area contributed by atoms with Crippen LogP contribution in [0.25, 0.3) is 4.96 Å². The number of nitrogens with zero attached hydrogens (tertiary/aromatic N) is 3. The van der Waals surface area contributed by atoms with Crippen molar-refractivity contribution in [2.75, 3.05) is 5.75 Å². The van der Waals surface area contributed by atoms with Crippen molar-refractivity contribution in [2.45, 2.75) is 56.4 Å². The van der Waals surface area contributed by atoms with Gasteiger partial charge in [0.05, 0.1) is 11.4 Å². The molecule has 2 aromatic heterocycles. The van der Waals surface area contributed by atoms with E-state index in [4.69, 9.17) is 0 Å². The Labute approximate surface area is 149 Å². The molecule has 0 unspecified atom stereocenters. The number of hydrogen-bond donors (Lipinski definition) is 0. The maximum Gasteiger partial charge on any atom is 0.258 e. The van der Waals surface area contributed by atoms with Crippen LogP contribution in [0.2, 0.25) is 0 Å². The van der Waals surface area contributed by atoms with Gasteiger partial charge >= 0.3 is 0 Å². The molecule has 1 amide bonds. The minimum Gasteiger partial charge on any atom is -0.336 e. The van der Waals surface area contributed by atoms with Gasteiger partial charge in [-0.25, -0.2) is 4.98 Å². The molecule has 0 saturated heterocycles. The van der Waals surface area contributed by atoms with Gasteiger partial charge < -0.3 is 4.90 Å². The molecule has 0 radical (unpaired) electrons. The summed E-state index contributed by atoms with van der Waals surface area (Å²) >= 11 is 3.03. The first-order valence-corrected chi connectivity index (χ1v) is 10.6. The third-order valence-corrected chi connectivity index (χ3v) is 6.49. The van der Waals surface area contributed by atoms with Gasteiger partial charge in [-0.05, 0) is 25.7 Å². The summed E-state index contributed by atoms with van der Waals surface area (Å²) in [5.74, 6) is 1.36. The number of amides is 1. The maximum atomic E-state index is 12.7. The average Bonchev–Trinajstić information content (AvgIpc) is 3.04. The van der Waals surface area contributed by atoms with Gasteiger partial charge in [0.15, 0.2) is 4.96 Å². The van der Waals surface area contributed by atoms with Crippen molar-refractivity contribution < 1.29 is 4.79 Å². The fourth-order valence-electron chi connectivity index (χ4n) is 3.52. The van der Waals surface area contributed by atoms with Gasteiger partial charge in [-0.2, -0.15) is 0 Å². The highest BCUT2D eigenvalue weighted by Gasteiger charge is 2.37. The molecule has 24 heavy (non-hydrogen) atoms. The van der Waals surface area contributed by atoms with E-state index in [2.05, 4.69) is 9.88 Å². The number of thiazole rings is 1. The first-order valence-electron chi connectivity index (χ1n) is 8.57. The molecular weight excluding hydrogens is 342 g/mol. The van der Waals surface area contributed by atoms with Crippen LogP contribution < -0.4 is 5.56 Å². The van der Waals surface area contributed by atoms with E-state index in [1.807, 2.05) is 5.38 Å². The van der Waals surface area contributed by atoms with Crippen molar-refractivity contribution in [1.82, 2.24) is 14.3 Å². The Kier molecular flexibility index (Phi) is 4.63. The highest BCUT2D eigenvalue weighted by atomic mass is 32.2. The fraction of sp³-hybridized carbons (Fsp3) is 0.588. The predicted octanol–water partition coefficient (Wildman–Crippen LogP) is 2.92. The molecule has 0 spiro atoms. The molecule has 2 heterocycles. The van der Waals surface area contributed by atoms with E-state index >= 15 is 0 Å². The van der Waals surface area contributed by atoms with Gasteiger partial charge in [-0.15, -0.1) is 23.1 Å². The van der Waals surface area contributed by atoms with Crippen LogP contribution in [0.15, 0.2) is 22.4 Å². The Hall–Kier alpha value is -1.34. The van der Waals surface area contributed by atoms with E-state index in [0.29, 0.717) is 23.6 Å². The molecule has 0 aromatic carbocycles. The molecule has 2 aliphatic rings. The van der Waals surface area contributed by atoms with E-state index in [-0.39, 0.29) is 11.5 Å². The summed E-state index contributed by atoms with van der Waals surface area (Å²) in [6, 6.07) is 2.54. The second-order valence-corrected chi connectivity index (χ2v) is 8.46. The molecule has 7 heteroatoms. The Morgan fingerprint density at radius 1 is 1.29 bits per heavy atom. The monoisotopic (exact) mass is 363 g/mol. The maximum absolute atomic E-state index is 12.7. The van der Waals surface area contributed by atoms with Gasteiger partial charge in [0, 0.05) is 35.5 Å².